The van der Waals surface area contributed by atoms with Crippen molar-refractivity contribution in [1.82, 2.24) is 0 Å². The minimum absolute atomic E-state index is 0.355. The predicted octanol–water partition coefficient (Wildman–Crippen LogP) is 2.49. The monoisotopic (exact) mass is 193 g/mol. The lowest BCUT2D eigenvalue weighted by Crippen LogP contribution is -1.97. The molecule has 1 aromatic rings. The van der Waals surface area contributed by atoms with Gasteiger partial charge in [-0.25, -0.2) is 0 Å². The van der Waals surface area contributed by atoms with Gasteiger partial charge in [0.25, 0.3) is 0 Å². The summed E-state index contributed by atoms with van der Waals surface area (Å²) in [6.45, 7) is 0.0423. The van der Waals surface area contributed by atoms with Crippen LogP contribution >= 0.6 is 0 Å². The topological polar surface area (TPSA) is 33.0 Å². The second kappa shape index (κ2) is 5.98. The third-order valence-corrected chi connectivity index (χ3v) is 1.75. The quantitative estimate of drug-likeness (QED) is 0.673. The van der Waals surface area contributed by atoms with Gasteiger partial charge in [-0.2, -0.15) is 5.26 Å². The minimum Gasteiger partial charge on any atom is -0.494 e. The average molecular weight is 193 g/mol. The van der Waals surface area contributed by atoms with Crippen LogP contribution in [0, 0.1) is 11.3 Å². The van der Waals surface area contributed by atoms with E-state index in [-0.39, 0.29) is 6.67 Å². The SMILES string of the molecule is N#CCc1ccc(OCCCF)cc1. The Labute approximate surface area is 82.9 Å². The van der Waals surface area contributed by atoms with E-state index in [4.69, 9.17) is 10.00 Å². The maximum Gasteiger partial charge on any atom is 0.119 e. The summed E-state index contributed by atoms with van der Waals surface area (Å²) in [5.74, 6) is 0.722. The van der Waals surface area contributed by atoms with Crippen molar-refractivity contribution >= 4 is 0 Å². The van der Waals surface area contributed by atoms with Gasteiger partial charge >= 0.3 is 0 Å². The van der Waals surface area contributed by atoms with E-state index in [1.165, 1.54) is 0 Å². The summed E-state index contributed by atoms with van der Waals surface area (Å²) in [6.07, 6.45) is 0.824. The molecule has 0 N–H and O–H groups in total. The van der Waals surface area contributed by atoms with Crippen molar-refractivity contribution in [2.24, 2.45) is 0 Å². The Balaban J connectivity index is 2.43. The fourth-order valence-electron chi connectivity index (χ4n) is 1.04. The Morgan fingerprint density at radius 2 is 2.00 bits per heavy atom. The molecule has 0 aliphatic carbocycles. The number of hydrogen-bond acceptors (Lipinski definition) is 2. The smallest absolute Gasteiger partial charge is 0.119 e. The maximum absolute atomic E-state index is 11.7. The summed E-state index contributed by atoms with van der Waals surface area (Å²) in [6, 6.07) is 9.34. The largest absolute Gasteiger partial charge is 0.494 e. The van der Waals surface area contributed by atoms with Crippen LogP contribution in [0.2, 0.25) is 0 Å². The second-order valence-electron chi connectivity index (χ2n) is 2.87. The third-order valence-electron chi connectivity index (χ3n) is 1.75. The van der Waals surface area contributed by atoms with Gasteiger partial charge < -0.3 is 4.74 Å². The van der Waals surface area contributed by atoms with E-state index in [0.29, 0.717) is 19.4 Å². The molecule has 0 amide bonds. The van der Waals surface area contributed by atoms with Crippen molar-refractivity contribution in [3.8, 4) is 11.8 Å². The van der Waals surface area contributed by atoms with Gasteiger partial charge in [0, 0.05) is 6.42 Å². The van der Waals surface area contributed by atoms with Gasteiger partial charge in [-0.15, -0.1) is 0 Å². The number of hydrogen-bond donors (Lipinski definition) is 0. The van der Waals surface area contributed by atoms with Gasteiger partial charge in [-0.05, 0) is 17.7 Å². The zero-order valence-electron chi connectivity index (χ0n) is 7.87. The normalized spacial score (nSPS) is 9.43. The third kappa shape index (κ3) is 3.44. The molecule has 14 heavy (non-hydrogen) atoms. The fraction of sp³-hybridized carbons (Fsp3) is 0.364. The molecule has 0 radical (unpaired) electrons. The summed E-state index contributed by atoms with van der Waals surface area (Å²) < 4.78 is 17.0. The van der Waals surface area contributed by atoms with Crippen LogP contribution in [-0.4, -0.2) is 13.3 Å². The van der Waals surface area contributed by atoms with Crippen LogP contribution in [0.1, 0.15) is 12.0 Å². The first kappa shape index (κ1) is 10.5. The van der Waals surface area contributed by atoms with Gasteiger partial charge in [0.15, 0.2) is 0 Å². The van der Waals surface area contributed by atoms with Crippen LogP contribution in [0.25, 0.3) is 0 Å². The van der Waals surface area contributed by atoms with E-state index in [9.17, 15) is 4.39 Å². The van der Waals surface area contributed by atoms with Gasteiger partial charge in [0.1, 0.15) is 5.75 Å². The van der Waals surface area contributed by atoms with Crippen molar-refractivity contribution in [1.29, 1.82) is 5.26 Å². The molecule has 3 heteroatoms. The predicted molar refractivity (Wildman–Crippen MR) is 51.8 cm³/mol. The van der Waals surface area contributed by atoms with Crippen molar-refractivity contribution in [3.63, 3.8) is 0 Å². The Bertz CT molecular complexity index is 302. The van der Waals surface area contributed by atoms with Gasteiger partial charge in [-0.3, -0.25) is 4.39 Å². The highest BCUT2D eigenvalue weighted by Gasteiger charge is 1.94. The Morgan fingerprint density at radius 3 is 2.57 bits per heavy atom. The number of ether oxygens (including phenoxy) is 1. The Hall–Kier alpha value is -1.56. The number of alkyl halides is 1. The van der Waals surface area contributed by atoms with Gasteiger partial charge in [0.2, 0.25) is 0 Å². The molecule has 0 aliphatic rings. The lowest BCUT2D eigenvalue weighted by Gasteiger charge is -2.04. The molecule has 0 heterocycles. The van der Waals surface area contributed by atoms with Gasteiger partial charge in [-0.1, -0.05) is 12.1 Å². The molecule has 0 aromatic heterocycles. The van der Waals surface area contributed by atoms with Crippen molar-refractivity contribution < 1.29 is 9.13 Å². The van der Waals surface area contributed by atoms with Crippen LogP contribution in [0.3, 0.4) is 0 Å². The number of nitriles is 1. The number of rotatable bonds is 5. The first-order valence-electron chi connectivity index (χ1n) is 4.51. The van der Waals surface area contributed by atoms with Crippen molar-refractivity contribution in [3.05, 3.63) is 29.8 Å². The highest BCUT2D eigenvalue weighted by Crippen LogP contribution is 2.12. The molecule has 2 nitrogen and oxygen atoms in total. The second-order valence-corrected chi connectivity index (χ2v) is 2.87. The molecular formula is C11H12FNO. The minimum atomic E-state index is -0.355. The zero-order valence-corrected chi connectivity index (χ0v) is 7.87. The molecule has 0 unspecified atom stereocenters. The molecule has 0 saturated heterocycles. The zero-order chi connectivity index (χ0) is 10.2. The number of nitrogens with zero attached hydrogens (tertiary/aromatic N) is 1. The molecule has 0 spiro atoms. The molecular weight excluding hydrogens is 181 g/mol. The van der Waals surface area contributed by atoms with E-state index in [1.807, 2.05) is 12.1 Å². The van der Waals surface area contributed by atoms with Crippen LogP contribution in [0.5, 0.6) is 5.75 Å². The Kier molecular flexibility index (Phi) is 4.49. The highest BCUT2D eigenvalue weighted by atomic mass is 19.1. The standard InChI is InChI=1S/C11H12FNO/c12-7-1-9-14-11-4-2-10(3-5-11)6-8-13/h2-5H,1,6-7,9H2. The molecule has 0 aliphatic heterocycles. The van der Waals surface area contributed by atoms with E-state index in [0.717, 1.165) is 11.3 Å². The van der Waals surface area contributed by atoms with Crippen molar-refractivity contribution in [2.75, 3.05) is 13.3 Å². The highest BCUT2D eigenvalue weighted by molar-refractivity contribution is 5.28. The summed E-state index contributed by atoms with van der Waals surface area (Å²) in [7, 11) is 0. The number of benzene rings is 1. The average Bonchev–Trinajstić information content (AvgIpc) is 2.21. The summed E-state index contributed by atoms with van der Waals surface area (Å²) in [5, 5.41) is 8.44. The molecule has 0 bridgehead atoms. The molecule has 1 aromatic carbocycles. The first-order chi connectivity index (χ1) is 6.86. The van der Waals surface area contributed by atoms with Crippen LogP contribution in [0.15, 0.2) is 24.3 Å². The molecule has 1 rings (SSSR count). The van der Waals surface area contributed by atoms with E-state index >= 15 is 0 Å². The molecule has 74 valence electrons. The lowest BCUT2D eigenvalue weighted by atomic mass is 10.2. The lowest BCUT2D eigenvalue weighted by molar-refractivity contribution is 0.289. The van der Waals surface area contributed by atoms with Gasteiger partial charge in [0.05, 0.1) is 25.8 Å². The number of halogens is 1. The van der Waals surface area contributed by atoms with E-state index in [2.05, 4.69) is 6.07 Å². The van der Waals surface area contributed by atoms with Crippen LogP contribution in [0.4, 0.5) is 4.39 Å². The summed E-state index contributed by atoms with van der Waals surface area (Å²) >= 11 is 0. The van der Waals surface area contributed by atoms with Crippen LogP contribution < -0.4 is 4.74 Å². The fourth-order valence-corrected chi connectivity index (χ4v) is 1.04. The first-order valence-corrected chi connectivity index (χ1v) is 4.51. The molecule has 0 saturated carbocycles. The van der Waals surface area contributed by atoms with Crippen molar-refractivity contribution in [2.45, 2.75) is 12.8 Å². The summed E-state index contributed by atoms with van der Waals surface area (Å²) in [4.78, 5) is 0. The maximum atomic E-state index is 11.7. The van der Waals surface area contributed by atoms with E-state index in [1.54, 1.807) is 12.1 Å². The van der Waals surface area contributed by atoms with Crippen LogP contribution in [-0.2, 0) is 6.42 Å². The van der Waals surface area contributed by atoms with E-state index < -0.39 is 0 Å². The summed E-state index contributed by atoms with van der Waals surface area (Å²) in [5.41, 5.74) is 0.963. The molecule has 0 fully saturated rings. The Morgan fingerprint density at radius 1 is 1.29 bits per heavy atom. The molecule has 0 atom stereocenters.